The van der Waals surface area contributed by atoms with Crippen molar-refractivity contribution in [2.45, 2.75) is 19.9 Å². The maximum absolute atomic E-state index is 11.8. The van der Waals surface area contributed by atoms with Crippen molar-refractivity contribution in [3.05, 3.63) is 35.4 Å². The van der Waals surface area contributed by atoms with Crippen molar-refractivity contribution in [2.75, 3.05) is 27.3 Å². The minimum atomic E-state index is -0.0469. The lowest BCUT2D eigenvalue weighted by Gasteiger charge is -2.19. The van der Waals surface area contributed by atoms with Crippen molar-refractivity contribution < 1.29 is 9.53 Å². The summed E-state index contributed by atoms with van der Waals surface area (Å²) in [6, 6.07) is 8.05. The summed E-state index contributed by atoms with van der Waals surface area (Å²) < 4.78 is 4.93. The number of nitrogens with one attached hydrogen (secondary N) is 1. The van der Waals surface area contributed by atoms with E-state index in [1.54, 1.807) is 19.1 Å². The lowest BCUT2D eigenvalue weighted by molar-refractivity contribution is 0.188. The molecule has 0 saturated carbocycles. The van der Waals surface area contributed by atoms with Crippen LogP contribution in [0.25, 0.3) is 0 Å². The molecule has 4 heteroatoms. The number of hydrogen-bond acceptors (Lipinski definition) is 2. The van der Waals surface area contributed by atoms with Gasteiger partial charge in [-0.15, -0.1) is 0 Å². The van der Waals surface area contributed by atoms with E-state index in [2.05, 4.69) is 18.3 Å². The molecule has 0 aliphatic rings. The first-order chi connectivity index (χ1) is 8.65. The second-order valence-corrected chi connectivity index (χ2v) is 4.36. The zero-order chi connectivity index (χ0) is 13.4. The fourth-order valence-corrected chi connectivity index (χ4v) is 1.66. The Labute approximate surface area is 109 Å². The second kappa shape index (κ2) is 7.71. The van der Waals surface area contributed by atoms with Gasteiger partial charge in [-0.3, -0.25) is 0 Å². The molecule has 1 aromatic carbocycles. The summed E-state index contributed by atoms with van der Waals surface area (Å²) in [5.41, 5.74) is 2.38. The lowest BCUT2D eigenvalue weighted by Crippen LogP contribution is -2.37. The van der Waals surface area contributed by atoms with E-state index in [9.17, 15) is 4.79 Å². The first-order valence-corrected chi connectivity index (χ1v) is 6.17. The third-order valence-electron chi connectivity index (χ3n) is 2.82. The zero-order valence-electron chi connectivity index (χ0n) is 11.4. The van der Waals surface area contributed by atoms with E-state index >= 15 is 0 Å². The van der Waals surface area contributed by atoms with Crippen molar-refractivity contribution in [3.63, 3.8) is 0 Å². The maximum atomic E-state index is 11.8. The molecule has 18 heavy (non-hydrogen) atoms. The Kier molecular flexibility index (Phi) is 6.22. The molecule has 0 spiro atoms. The third-order valence-corrected chi connectivity index (χ3v) is 2.82. The van der Waals surface area contributed by atoms with Gasteiger partial charge in [0, 0.05) is 33.9 Å². The lowest BCUT2D eigenvalue weighted by atomic mass is 10.1. The highest BCUT2D eigenvalue weighted by atomic mass is 16.5. The Morgan fingerprint density at radius 3 is 2.78 bits per heavy atom. The molecular weight excluding hydrogens is 228 g/mol. The fraction of sp³-hybridized carbons (Fsp3) is 0.500. The van der Waals surface area contributed by atoms with E-state index in [1.165, 1.54) is 11.1 Å². The van der Waals surface area contributed by atoms with Crippen LogP contribution in [0.3, 0.4) is 0 Å². The molecule has 0 unspecified atom stereocenters. The van der Waals surface area contributed by atoms with Crippen molar-refractivity contribution in [1.82, 2.24) is 10.2 Å². The number of aryl methyl sites for hydroxylation is 1. The molecule has 0 heterocycles. The van der Waals surface area contributed by atoms with Gasteiger partial charge in [0.15, 0.2) is 0 Å². The number of methoxy groups -OCH3 is 1. The van der Waals surface area contributed by atoms with Gasteiger partial charge in [-0.25, -0.2) is 4.79 Å². The molecule has 1 aromatic rings. The monoisotopic (exact) mass is 250 g/mol. The molecule has 1 rings (SSSR count). The predicted octanol–water partition coefficient (Wildman–Crippen LogP) is 2.17. The smallest absolute Gasteiger partial charge is 0.317 e. The van der Waals surface area contributed by atoms with Gasteiger partial charge in [-0.05, 0) is 24.5 Å². The number of ether oxygens (including phenoxy) is 1. The van der Waals surface area contributed by atoms with E-state index in [0.29, 0.717) is 19.7 Å². The number of amides is 2. The molecule has 0 bridgehead atoms. The van der Waals surface area contributed by atoms with Gasteiger partial charge in [0.25, 0.3) is 0 Å². The van der Waals surface area contributed by atoms with E-state index in [1.807, 2.05) is 18.2 Å². The number of carbonyl (C=O) groups is 1. The van der Waals surface area contributed by atoms with Crippen LogP contribution in [0.15, 0.2) is 24.3 Å². The van der Waals surface area contributed by atoms with E-state index < -0.39 is 0 Å². The van der Waals surface area contributed by atoms with Crippen molar-refractivity contribution in [3.8, 4) is 0 Å². The van der Waals surface area contributed by atoms with Crippen LogP contribution in [-0.4, -0.2) is 38.2 Å². The van der Waals surface area contributed by atoms with Crippen LogP contribution in [0.5, 0.6) is 0 Å². The Balaban J connectivity index is 2.38. The van der Waals surface area contributed by atoms with Gasteiger partial charge in [0.05, 0.1) is 0 Å². The molecule has 4 nitrogen and oxygen atoms in total. The third kappa shape index (κ3) is 4.75. The summed E-state index contributed by atoms with van der Waals surface area (Å²) >= 11 is 0. The molecule has 1 N–H and O–H groups in total. The number of nitrogens with zero attached hydrogens (tertiary/aromatic N) is 1. The van der Waals surface area contributed by atoms with Crippen molar-refractivity contribution in [1.29, 1.82) is 0 Å². The first kappa shape index (κ1) is 14.5. The largest absolute Gasteiger partial charge is 0.385 e. The summed E-state index contributed by atoms with van der Waals surface area (Å²) in [7, 11) is 3.46. The van der Waals surface area contributed by atoms with Crippen LogP contribution in [-0.2, 0) is 11.3 Å². The van der Waals surface area contributed by atoms with Gasteiger partial charge < -0.3 is 15.0 Å². The zero-order valence-corrected chi connectivity index (χ0v) is 11.4. The van der Waals surface area contributed by atoms with Crippen LogP contribution in [0.2, 0.25) is 0 Å². The van der Waals surface area contributed by atoms with Crippen molar-refractivity contribution in [2.24, 2.45) is 0 Å². The Bertz CT molecular complexity index is 380. The minimum Gasteiger partial charge on any atom is -0.385 e. The van der Waals surface area contributed by atoms with Gasteiger partial charge >= 0.3 is 6.03 Å². The predicted molar refractivity (Wildman–Crippen MR) is 72.5 cm³/mol. The quantitative estimate of drug-likeness (QED) is 0.786. The molecule has 0 atom stereocenters. The highest BCUT2D eigenvalue weighted by Gasteiger charge is 2.09. The maximum Gasteiger partial charge on any atom is 0.317 e. The number of urea groups is 1. The Morgan fingerprint density at radius 1 is 1.39 bits per heavy atom. The molecule has 0 aromatic heterocycles. The average molecular weight is 250 g/mol. The van der Waals surface area contributed by atoms with Crippen LogP contribution >= 0.6 is 0 Å². The number of hydrogen-bond donors (Lipinski definition) is 1. The summed E-state index contributed by atoms with van der Waals surface area (Å²) in [4.78, 5) is 13.5. The van der Waals surface area contributed by atoms with Crippen LogP contribution in [0, 0.1) is 6.92 Å². The summed E-state index contributed by atoms with van der Waals surface area (Å²) in [6.45, 7) is 4.00. The highest BCUT2D eigenvalue weighted by Crippen LogP contribution is 2.09. The molecule has 2 amide bonds. The number of carbonyl (C=O) groups excluding carboxylic acids is 1. The second-order valence-electron chi connectivity index (χ2n) is 4.36. The van der Waals surface area contributed by atoms with Gasteiger partial charge in [0.2, 0.25) is 0 Å². The fourth-order valence-electron chi connectivity index (χ4n) is 1.66. The number of rotatable bonds is 6. The van der Waals surface area contributed by atoms with E-state index in [-0.39, 0.29) is 6.03 Å². The molecule has 0 radical (unpaired) electrons. The normalized spacial score (nSPS) is 10.2. The van der Waals surface area contributed by atoms with E-state index in [0.717, 1.165) is 6.42 Å². The van der Waals surface area contributed by atoms with Gasteiger partial charge in [-0.1, -0.05) is 24.3 Å². The van der Waals surface area contributed by atoms with Crippen LogP contribution in [0.1, 0.15) is 17.5 Å². The van der Waals surface area contributed by atoms with Gasteiger partial charge in [-0.2, -0.15) is 0 Å². The molecule has 0 aliphatic heterocycles. The molecule has 100 valence electrons. The Hall–Kier alpha value is -1.55. The first-order valence-electron chi connectivity index (χ1n) is 6.17. The molecule has 0 aliphatic carbocycles. The molecular formula is C14H22N2O2. The summed E-state index contributed by atoms with van der Waals surface area (Å²) in [5.74, 6) is 0. The van der Waals surface area contributed by atoms with Crippen molar-refractivity contribution >= 4 is 6.03 Å². The van der Waals surface area contributed by atoms with E-state index in [4.69, 9.17) is 4.74 Å². The number of benzene rings is 1. The Morgan fingerprint density at radius 2 is 2.11 bits per heavy atom. The molecule has 0 saturated heterocycles. The van der Waals surface area contributed by atoms with Crippen LogP contribution in [0.4, 0.5) is 4.79 Å². The topological polar surface area (TPSA) is 41.6 Å². The van der Waals surface area contributed by atoms with Crippen LogP contribution < -0.4 is 5.32 Å². The minimum absolute atomic E-state index is 0.0469. The standard InChI is InChI=1S/C14H22N2O2/c1-12-7-4-5-8-13(12)11-16(2)14(17)15-9-6-10-18-3/h4-5,7-8H,6,9-11H2,1-3H3,(H,15,17). The SMILES string of the molecule is COCCCNC(=O)N(C)Cc1ccccc1C. The highest BCUT2D eigenvalue weighted by molar-refractivity contribution is 5.73. The summed E-state index contributed by atoms with van der Waals surface area (Å²) in [5, 5.41) is 2.86. The average Bonchev–Trinajstić information content (AvgIpc) is 2.37. The van der Waals surface area contributed by atoms with Gasteiger partial charge in [0.1, 0.15) is 0 Å². The molecule has 0 fully saturated rings. The summed E-state index contributed by atoms with van der Waals surface area (Å²) in [6.07, 6.45) is 0.834.